The fourth-order valence-corrected chi connectivity index (χ4v) is 2.45. The summed E-state index contributed by atoms with van der Waals surface area (Å²) in [5, 5.41) is 12.2. The van der Waals surface area contributed by atoms with Crippen LogP contribution in [0.3, 0.4) is 0 Å². The predicted molar refractivity (Wildman–Crippen MR) is 73.5 cm³/mol. The highest BCUT2D eigenvalue weighted by atomic mass is 35.5. The Hall–Kier alpha value is -1.75. The first-order valence-corrected chi connectivity index (χ1v) is 6.52. The fourth-order valence-electron chi connectivity index (χ4n) is 2.26. The summed E-state index contributed by atoms with van der Waals surface area (Å²) in [5.74, 6) is 0.267. The van der Waals surface area contributed by atoms with Crippen molar-refractivity contribution in [1.29, 1.82) is 0 Å². The monoisotopic (exact) mass is 281 g/mol. The van der Waals surface area contributed by atoms with Crippen LogP contribution in [0.2, 0.25) is 5.02 Å². The molecule has 6 heteroatoms. The van der Waals surface area contributed by atoms with E-state index in [0.717, 1.165) is 0 Å². The Morgan fingerprint density at radius 1 is 1.42 bits per heavy atom. The van der Waals surface area contributed by atoms with Gasteiger partial charge in [0, 0.05) is 29.6 Å². The van der Waals surface area contributed by atoms with Gasteiger partial charge in [0.15, 0.2) is 0 Å². The summed E-state index contributed by atoms with van der Waals surface area (Å²) in [4.78, 5) is 14.0. The molecule has 0 saturated carbocycles. The highest BCUT2D eigenvalue weighted by Crippen LogP contribution is 2.20. The van der Waals surface area contributed by atoms with Gasteiger partial charge in [0.2, 0.25) is 0 Å². The van der Waals surface area contributed by atoms with Crippen LogP contribution in [-0.4, -0.2) is 34.9 Å². The molecule has 1 aromatic rings. The summed E-state index contributed by atoms with van der Waals surface area (Å²) >= 11 is 5.88. The van der Waals surface area contributed by atoms with Crippen LogP contribution in [0, 0.1) is 5.92 Å². The summed E-state index contributed by atoms with van der Waals surface area (Å²) in [6.45, 7) is 1.21. The predicted octanol–water partition coefficient (Wildman–Crippen LogP) is 1.94. The quantitative estimate of drug-likeness (QED) is 0.376. The van der Waals surface area contributed by atoms with E-state index >= 15 is 0 Å². The highest BCUT2D eigenvalue weighted by Gasteiger charge is 2.25. The Bertz CT molecular complexity index is 496. The topological polar surface area (TPSA) is 78.9 Å². The maximum Gasteiger partial charge on any atom is 0.253 e. The zero-order valence-corrected chi connectivity index (χ0v) is 11.2. The van der Waals surface area contributed by atoms with Crippen LogP contribution in [-0.2, 0) is 0 Å². The molecule has 5 nitrogen and oxygen atoms in total. The third kappa shape index (κ3) is 3.17. The van der Waals surface area contributed by atoms with Crippen molar-refractivity contribution in [2.24, 2.45) is 16.8 Å². The number of oxime groups is 1. The summed E-state index contributed by atoms with van der Waals surface area (Å²) in [7, 11) is 0. The molecule has 0 radical (unpaired) electrons. The zero-order valence-electron chi connectivity index (χ0n) is 10.4. The second-order valence-corrected chi connectivity index (χ2v) is 5.04. The molecule has 0 atom stereocenters. The Balaban J connectivity index is 2.00. The standard InChI is InChI=1S/C13H16ClN3O2/c14-11-3-1-2-10(8-11)13(18)17-6-4-9(5-7-17)12(15)16-19/h1-3,8-9,19H,4-7H2,(H2,15,16). The summed E-state index contributed by atoms with van der Waals surface area (Å²) < 4.78 is 0. The third-order valence-corrected chi connectivity index (χ3v) is 3.62. The van der Waals surface area contributed by atoms with E-state index in [9.17, 15) is 4.79 Å². The van der Waals surface area contributed by atoms with E-state index in [4.69, 9.17) is 22.5 Å². The van der Waals surface area contributed by atoms with Gasteiger partial charge in [0.1, 0.15) is 5.84 Å². The molecule has 2 rings (SSSR count). The van der Waals surface area contributed by atoms with Crippen molar-refractivity contribution in [1.82, 2.24) is 4.90 Å². The third-order valence-electron chi connectivity index (χ3n) is 3.39. The average molecular weight is 282 g/mol. The summed E-state index contributed by atoms with van der Waals surface area (Å²) in [5.41, 5.74) is 6.17. The molecule has 0 spiro atoms. The molecule has 0 aliphatic carbocycles. The lowest BCUT2D eigenvalue weighted by atomic mass is 9.95. The molecule has 3 N–H and O–H groups in total. The van der Waals surface area contributed by atoms with Crippen LogP contribution in [0.4, 0.5) is 0 Å². The Morgan fingerprint density at radius 3 is 2.68 bits per heavy atom. The number of amides is 1. The van der Waals surface area contributed by atoms with Crippen molar-refractivity contribution < 1.29 is 10.0 Å². The maximum absolute atomic E-state index is 12.3. The van der Waals surface area contributed by atoms with Gasteiger partial charge in [-0.25, -0.2) is 0 Å². The van der Waals surface area contributed by atoms with Crippen LogP contribution in [0.25, 0.3) is 0 Å². The number of amidine groups is 1. The van der Waals surface area contributed by atoms with Gasteiger partial charge in [-0.1, -0.05) is 22.8 Å². The van der Waals surface area contributed by atoms with Crippen molar-refractivity contribution in [3.8, 4) is 0 Å². The number of hydrogen-bond acceptors (Lipinski definition) is 3. The second-order valence-electron chi connectivity index (χ2n) is 4.60. The van der Waals surface area contributed by atoms with Crippen LogP contribution in [0.15, 0.2) is 29.4 Å². The number of benzene rings is 1. The van der Waals surface area contributed by atoms with Crippen molar-refractivity contribution in [2.75, 3.05) is 13.1 Å². The highest BCUT2D eigenvalue weighted by molar-refractivity contribution is 6.30. The SMILES string of the molecule is NC(=NO)C1CCN(C(=O)c2cccc(Cl)c2)CC1. The summed E-state index contributed by atoms with van der Waals surface area (Å²) in [6.07, 6.45) is 1.42. The maximum atomic E-state index is 12.3. The van der Waals surface area contributed by atoms with E-state index in [2.05, 4.69) is 5.16 Å². The number of nitrogens with two attached hydrogens (primary N) is 1. The molecular weight excluding hydrogens is 266 g/mol. The van der Waals surface area contributed by atoms with E-state index in [0.29, 0.717) is 36.5 Å². The van der Waals surface area contributed by atoms with Crippen LogP contribution < -0.4 is 5.73 Å². The van der Waals surface area contributed by atoms with E-state index < -0.39 is 0 Å². The smallest absolute Gasteiger partial charge is 0.253 e. The number of nitrogens with zero attached hydrogens (tertiary/aromatic N) is 2. The first kappa shape index (κ1) is 13.7. The van der Waals surface area contributed by atoms with Gasteiger partial charge in [-0.05, 0) is 31.0 Å². The van der Waals surface area contributed by atoms with Crippen molar-refractivity contribution in [2.45, 2.75) is 12.8 Å². The Morgan fingerprint density at radius 2 is 2.11 bits per heavy atom. The van der Waals surface area contributed by atoms with Gasteiger partial charge in [-0.2, -0.15) is 0 Å². The number of halogens is 1. The van der Waals surface area contributed by atoms with Crippen molar-refractivity contribution in [3.05, 3.63) is 34.9 Å². The first-order valence-electron chi connectivity index (χ1n) is 6.14. The molecule has 1 heterocycles. The first-order chi connectivity index (χ1) is 9.11. The molecule has 0 bridgehead atoms. The van der Waals surface area contributed by atoms with E-state index in [-0.39, 0.29) is 17.7 Å². The van der Waals surface area contributed by atoms with Gasteiger partial charge in [0.05, 0.1) is 0 Å². The number of piperidine rings is 1. The molecule has 1 fully saturated rings. The normalized spacial score (nSPS) is 17.5. The molecule has 0 unspecified atom stereocenters. The van der Waals surface area contributed by atoms with Gasteiger partial charge in [0.25, 0.3) is 5.91 Å². The molecule has 1 aliphatic heterocycles. The lowest BCUT2D eigenvalue weighted by Crippen LogP contribution is -2.41. The van der Waals surface area contributed by atoms with E-state index in [1.54, 1.807) is 29.2 Å². The minimum atomic E-state index is -0.0274. The lowest BCUT2D eigenvalue weighted by Gasteiger charge is -2.31. The molecule has 0 aromatic heterocycles. The number of carbonyl (C=O) groups excluding carboxylic acids is 1. The molecule has 102 valence electrons. The largest absolute Gasteiger partial charge is 0.409 e. The van der Waals surface area contributed by atoms with E-state index in [1.165, 1.54) is 0 Å². The van der Waals surface area contributed by atoms with E-state index in [1.807, 2.05) is 0 Å². The van der Waals surface area contributed by atoms with Crippen molar-refractivity contribution >= 4 is 23.3 Å². The molecule has 1 amide bonds. The fraction of sp³-hybridized carbons (Fsp3) is 0.385. The van der Waals surface area contributed by atoms with Gasteiger partial charge in [-0.15, -0.1) is 0 Å². The molecule has 1 aromatic carbocycles. The van der Waals surface area contributed by atoms with Crippen molar-refractivity contribution in [3.63, 3.8) is 0 Å². The number of hydrogen-bond donors (Lipinski definition) is 2. The minimum absolute atomic E-state index is 0.0274. The molecule has 19 heavy (non-hydrogen) atoms. The minimum Gasteiger partial charge on any atom is -0.409 e. The van der Waals surface area contributed by atoms with Crippen LogP contribution in [0.1, 0.15) is 23.2 Å². The Labute approximate surface area is 116 Å². The van der Waals surface area contributed by atoms with Gasteiger partial charge >= 0.3 is 0 Å². The number of rotatable bonds is 2. The Kier molecular flexibility index (Phi) is 4.27. The molecule has 1 saturated heterocycles. The summed E-state index contributed by atoms with van der Waals surface area (Å²) in [6, 6.07) is 6.92. The molecular formula is C13H16ClN3O2. The number of carbonyl (C=O) groups is 1. The zero-order chi connectivity index (χ0) is 13.8. The van der Waals surface area contributed by atoms with Crippen LogP contribution >= 0.6 is 11.6 Å². The lowest BCUT2D eigenvalue weighted by molar-refractivity contribution is 0.0709. The van der Waals surface area contributed by atoms with Gasteiger partial charge in [-0.3, -0.25) is 4.79 Å². The second kappa shape index (κ2) is 5.93. The number of likely N-dealkylation sites (tertiary alicyclic amines) is 1. The van der Waals surface area contributed by atoms with Gasteiger partial charge < -0.3 is 15.8 Å². The van der Waals surface area contributed by atoms with Crippen LogP contribution in [0.5, 0.6) is 0 Å². The molecule has 1 aliphatic rings. The average Bonchev–Trinajstić information content (AvgIpc) is 2.46.